The first-order valence-electron chi connectivity index (χ1n) is 9.36. The van der Waals surface area contributed by atoms with Gasteiger partial charge in [-0.2, -0.15) is 0 Å². The number of hydrogen-bond donors (Lipinski definition) is 2. The molecule has 4 heterocycles. The molecule has 10 nitrogen and oxygen atoms in total. The SMILES string of the molecule is O=C1CCC(N2C(=O)c3ccc(N4CC5(CN(C(=O)O)C5)C4)cc3C2=O)C(=O)N1. The molecule has 10 heteroatoms. The Balaban J connectivity index is 1.33. The molecule has 1 spiro atoms. The van der Waals surface area contributed by atoms with E-state index in [1.807, 2.05) is 4.90 Å². The van der Waals surface area contributed by atoms with Crippen molar-refractivity contribution in [2.45, 2.75) is 18.9 Å². The second-order valence-corrected chi connectivity index (χ2v) is 8.17. The molecule has 1 aromatic carbocycles. The number of rotatable bonds is 2. The highest BCUT2D eigenvalue weighted by Crippen LogP contribution is 2.42. The van der Waals surface area contributed by atoms with E-state index in [-0.39, 0.29) is 29.4 Å². The molecule has 1 unspecified atom stereocenters. The fourth-order valence-electron chi connectivity index (χ4n) is 4.70. The van der Waals surface area contributed by atoms with Crippen LogP contribution in [0.2, 0.25) is 0 Å². The number of nitrogens with one attached hydrogen (secondary N) is 1. The highest BCUT2D eigenvalue weighted by atomic mass is 16.4. The summed E-state index contributed by atoms with van der Waals surface area (Å²) in [4.78, 5) is 64.4. The fraction of sp³-hybridized carbons (Fsp3) is 0.421. The summed E-state index contributed by atoms with van der Waals surface area (Å²) in [5.74, 6) is -2.09. The van der Waals surface area contributed by atoms with Crippen molar-refractivity contribution in [2.24, 2.45) is 5.41 Å². The van der Waals surface area contributed by atoms with Gasteiger partial charge in [0.05, 0.1) is 11.1 Å². The maximum atomic E-state index is 12.9. The summed E-state index contributed by atoms with van der Waals surface area (Å²) >= 11 is 0. The van der Waals surface area contributed by atoms with Gasteiger partial charge in [-0.1, -0.05) is 0 Å². The second-order valence-electron chi connectivity index (χ2n) is 8.17. The number of piperidine rings is 1. The zero-order valence-corrected chi connectivity index (χ0v) is 15.4. The van der Waals surface area contributed by atoms with E-state index >= 15 is 0 Å². The lowest BCUT2D eigenvalue weighted by Gasteiger charge is -2.60. The van der Waals surface area contributed by atoms with Crippen LogP contribution in [0.5, 0.6) is 0 Å². The molecule has 150 valence electrons. The number of amides is 5. The standard InChI is InChI=1S/C19H18N4O6/c24-14-4-3-13(15(25)20-14)23-16(26)11-2-1-10(5-12(11)17(23)27)21-6-19(7-21)8-22(9-19)18(28)29/h1-2,5,13H,3-4,6-9H2,(H,28,29)(H,20,24,25). The molecule has 0 radical (unpaired) electrons. The van der Waals surface area contributed by atoms with Crippen molar-refractivity contribution < 1.29 is 29.1 Å². The van der Waals surface area contributed by atoms with Gasteiger partial charge in [0.15, 0.2) is 0 Å². The van der Waals surface area contributed by atoms with Gasteiger partial charge in [0.2, 0.25) is 11.8 Å². The van der Waals surface area contributed by atoms with Crippen LogP contribution >= 0.6 is 0 Å². The first kappa shape index (κ1) is 17.7. The lowest BCUT2D eigenvalue weighted by atomic mass is 9.73. The van der Waals surface area contributed by atoms with E-state index in [4.69, 9.17) is 5.11 Å². The maximum absolute atomic E-state index is 12.9. The number of anilines is 1. The van der Waals surface area contributed by atoms with E-state index in [0.717, 1.165) is 10.6 Å². The topological polar surface area (TPSA) is 127 Å². The van der Waals surface area contributed by atoms with Gasteiger partial charge in [0.1, 0.15) is 6.04 Å². The molecule has 2 N–H and O–H groups in total. The van der Waals surface area contributed by atoms with Crippen LogP contribution in [-0.4, -0.2) is 76.8 Å². The van der Waals surface area contributed by atoms with Crippen molar-refractivity contribution in [3.05, 3.63) is 29.3 Å². The van der Waals surface area contributed by atoms with Crippen molar-refractivity contribution in [3.63, 3.8) is 0 Å². The lowest BCUT2D eigenvalue weighted by Crippen LogP contribution is -2.73. The minimum Gasteiger partial charge on any atom is -0.465 e. The van der Waals surface area contributed by atoms with Gasteiger partial charge in [-0.3, -0.25) is 29.4 Å². The third-order valence-electron chi connectivity index (χ3n) is 6.16. The average molecular weight is 398 g/mol. The van der Waals surface area contributed by atoms with E-state index in [1.165, 1.54) is 4.90 Å². The molecule has 0 aliphatic carbocycles. The highest BCUT2D eigenvalue weighted by Gasteiger charge is 2.53. The molecule has 29 heavy (non-hydrogen) atoms. The van der Waals surface area contributed by atoms with Gasteiger partial charge in [-0.15, -0.1) is 0 Å². The molecule has 0 aromatic heterocycles. The van der Waals surface area contributed by atoms with E-state index < -0.39 is 35.8 Å². The monoisotopic (exact) mass is 398 g/mol. The Morgan fingerprint density at radius 2 is 1.72 bits per heavy atom. The molecule has 5 rings (SSSR count). The van der Waals surface area contributed by atoms with Crippen molar-refractivity contribution in [3.8, 4) is 0 Å². The molecule has 1 aromatic rings. The molecular formula is C19H18N4O6. The molecule has 0 saturated carbocycles. The van der Waals surface area contributed by atoms with Crippen LogP contribution < -0.4 is 10.2 Å². The zero-order valence-electron chi connectivity index (χ0n) is 15.4. The van der Waals surface area contributed by atoms with Crippen LogP contribution in [0.1, 0.15) is 33.6 Å². The predicted octanol–water partition coefficient (Wildman–Crippen LogP) is -0.112. The number of fused-ring (bicyclic) bond motifs is 1. The number of hydrogen-bond acceptors (Lipinski definition) is 6. The van der Waals surface area contributed by atoms with Crippen LogP contribution in [0.4, 0.5) is 10.5 Å². The van der Waals surface area contributed by atoms with Gasteiger partial charge in [0.25, 0.3) is 11.8 Å². The summed E-state index contributed by atoms with van der Waals surface area (Å²) in [5, 5.41) is 11.2. The Bertz CT molecular complexity index is 990. The first-order chi connectivity index (χ1) is 13.8. The normalized spacial score (nSPS) is 25.0. The van der Waals surface area contributed by atoms with Crippen molar-refractivity contribution in [1.82, 2.24) is 15.1 Å². The lowest BCUT2D eigenvalue weighted by molar-refractivity contribution is -0.136. The van der Waals surface area contributed by atoms with Crippen molar-refractivity contribution in [2.75, 3.05) is 31.1 Å². The molecule has 1 atom stereocenters. The van der Waals surface area contributed by atoms with Gasteiger partial charge < -0.3 is 14.9 Å². The van der Waals surface area contributed by atoms with E-state index in [2.05, 4.69) is 5.32 Å². The third kappa shape index (κ3) is 2.51. The van der Waals surface area contributed by atoms with Gasteiger partial charge in [-0.25, -0.2) is 4.79 Å². The molecule has 4 aliphatic rings. The van der Waals surface area contributed by atoms with Crippen LogP contribution in [0, 0.1) is 5.41 Å². The number of benzene rings is 1. The Hall–Kier alpha value is -3.43. The predicted molar refractivity (Wildman–Crippen MR) is 97.4 cm³/mol. The molecule has 3 saturated heterocycles. The zero-order chi connectivity index (χ0) is 20.5. The third-order valence-corrected chi connectivity index (χ3v) is 6.16. The summed E-state index contributed by atoms with van der Waals surface area (Å²) in [6, 6.07) is 4.03. The Kier molecular flexibility index (Phi) is 3.52. The molecule has 5 amide bonds. The first-order valence-corrected chi connectivity index (χ1v) is 9.36. The van der Waals surface area contributed by atoms with Crippen molar-refractivity contribution >= 4 is 35.4 Å². The van der Waals surface area contributed by atoms with Crippen LogP contribution in [0.15, 0.2) is 18.2 Å². The minimum atomic E-state index is -0.979. The fourth-order valence-corrected chi connectivity index (χ4v) is 4.70. The highest BCUT2D eigenvalue weighted by molar-refractivity contribution is 6.23. The quantitative estimate of drug-likeness (QED) is 0.665. The summed E-state index contributed by atoms with van der Waals surface area (Å²) in [6.07, 6.45) is -0.708. The largest absolute Gasteiger partial charge is 0.465 e. The smallest absolute Gasteiger partial charge is 0.407 e. The Morgan fingerprint density at radius 1 is 1.03 bits per heavy atom. The second kappa shape index (κ2) is 5.79. The van der Waals surface area contributed by atoms with Gasteiger partial charge in [0, 0.05) is 43.7 Å². The Morgan fingerprint density at radius 3 is 2.38 bits per heavy atom. The van der Waals surface area contributed by atoms with E-state index in [1.54, 1.807) is 18.2 Å². The minimum absolute atomic E-state index is 0.0318. The molecule has 3 fully saturated rings. The number of carboxylic acid groups (broad SMARTS) is 1. The molecular weight excluding hydrogens is 380 g/mol. The van der Waals surface area contributed by atoms with Crippen LogP contribution in [0.3, 0.4) is 0 Å². The van der Waals surface area contributed by atoms with E-state index in [0.29, 0.717) is 26.2 Å². The summed E-state index contributed by atoms with van der Waals surface area (Å²) in [7, 11) is 0. The van der Waals surface area contributed by atoms with Crippen LogP contribution in [0.25, 0.3) is 0 Å². The van der Waals surface area contributed by atoms with Crippen molar-refractivity contribution in [1.29, 1.82) is 0 Å². The summed E-state index contributed by atoms with van der Waals surface area (Å²) < 4.78 is 0. The number of carbonyl (C=O) groups excluding carboxylic acids is 4. The summed E-state index contributed by atoms with van der Waals surface area (Å²) in [6.45, 7) is 2.39. The molecule has 0 bridgehead atoms. The number of carbonyl (C=O) groups is 5. The number of imide groups is 2. The average Bonchev–Trinajstić information content (AvgIpc) is 2.84. The van der Waals surface area contributed by atoms with Crippen LogP contribution in [-0.2, 0) is 9.59 Å². The maximum Gasteiger partial charge on any atom is 0.407 e. The summed E-state index contributed by atoms with van der Waals surface area (Å²) in [5.41, 5.74) is 1.25. The Labute approximate surface area is 165 Å². The van der Waals surface area contributed by atoms with Gasteiger partial charge >= 0.3 is 6.09 Å². The van der Waals surface area contributed by atoms with E-state index in [9.17, 15) is 24.0 Å². The molecule has 4 aliphatic heterocycles. The number of likely N-dealkylation sites (tertiary alicyclic amines) is 1. The number of nitrogens with zero attached hydrogens (tertiary/aromatic N) is 3. The van der Waals surface area contributed by atoms with Gasteiger partial charge in [-0.05, 0) is 24.6 Å².